The van der Waals surface area contributed by atoms with Crippen molar-refractivity contribution in [1.29, 1.82) is 0 Å². The fraction of sp³-hybridized carbons (Fsp3) is 0.381. The van der Waals surface area contributed by atoms with Gasteiger partial charge in [0.15, 0.2) is 11.5 Å². The summed E-state index contributed by atoms with van der Waals surface area (Å²) in [5.74, 6) is 0.834. The molecular weight excluding hydrogens is 374 g/mol. The Labute approximate surface area is 168 Å². The Hall–Kier alpha value is -3.29. The normalized spacial score (nSPS) is 16.0. The Morgan fingerprint density at radius 2 is 1.72 bits per heavy atom. The molecule has 4 rings (SSSR count). The van der Waals surface area contributed by atoms with E-state index in [1.165, 1.54) is 12.1 Å². The molecule has 1 aliphatic heterocycles. The fourth-order valence-corrected chi connectivity index (χ4v) is 3.70. The van der Waals surface area contributed by atoms with Gasteiger partial charge in [-0.25, -0.2) is 0 Å². The number of amides is 1. The zero-order valence-electron chi connectivity index (χ0n) is 16.0. The minimum atomic E-state index is -0.505. The van der Waals surface area contributed by atoms with Gasteiger partial charge in [0, 0.05) is 55.4 Å². The maximum absolute atomic E-state index is 12.2. The maximum Gasteiger partial charge on any atom is 0.269 e. The second kappa shape index (κ2) is 7.98. The molecule has 0 bridgehead atoms. The first-order chi connectivity index (χ1) is 14.0. The molecule has 2 aliphatic rings. The van der Waals surface area contributed by atoms with Crippen LogP contribution in [0.25, 0.3) is 0 Å². The van der Waals surface area contributed by atoms with Crippen molar-refractivity contribution in [2.45, 2.75) is 44.3 Å². The summed E-state index contributed by atoms with van der Waals surface area (Å²) >= 11 is 0. The van der Waals surface area contributed by atoms with Crippen LogP contribution in [-0.4, -0.2) is 23.2 Å². The number of carbonyl (C=O) groups is 1. The number of nitrogens with zero attached hydrogens (tertiary/aromatic N) is 1. The van der Waals surface area contributed by atoms with Gasteiger partial charge in [0.25, 0.3) is 11.5 Å². The third-order valence-electron chi connectivity index (χ3n) is 5.17. The van der Waals surface area contributed by atoms with E-state index in [1.807, 2.05) is 18.2 Å². The summed E-state index contributed by atoms with van der Waals surface area (Å²) in [4.78, 5) is 22.4. The van der Waals surface area contributed by atoms with Gasteiger partial charge < -0.3 is 20.1 Å². The topological polar surface area (TPSA) is 103 Å². The van der Waals surface area contributed by atoms with Crippen LogP contribution in [0, 0.1) is 10.1 Å². The lowest BCUT2D eigenvalue weighted by atomic mass is 10.2. The largest absolute Gasteiger partial charge is 0.448 e. The van der Waals surface area contributed by atoms with Crippen LogP contribution in [0.5, 0.6) is 11.5 Å². The maximum atomic E-state index is 12.2. The van der Waals surface area contributed by atoms with Crippen molar-refractivity contribution in [3.05, 3.63) is 52.6 Å². The van der Waals surface area contributed by atoms with Crippen molar-refractivity contribution in [2.75, 3.05) is 17.2 Å². The lowest BCUT2D eigenvalue weighted by molar-refractivity contribution is -0.384. The first kappa shape index (κ1) is 19.0. The first-order valence-corrected chi connectivity index (χ1v) is 9.83. The van der Waals surface area contributed by atoms with Crippen LogP contribution in [0.3, 0.4) is 0 Å². The predicted molar refractivity (Wildman–Crippen MR) is 108 cm³/mol. The van der Waals surface area contributed by atoms with Crippen LogP contribution < -0.4 is 20.1 Å². The highest BCUT2D eigenvalue weighted by atomic mass is 16.7. The SMILES string of the molecule is O=C(CCCNc1ccc([N+](=O)[O-])cc1)Nc1ccc2c(c1)OC1(CCCC1)O2. The Bertz CT molecular complexity index is 907. The zero-order chi connectivity index (χ0) is 20.3. The average molecular weight is 397 g/mol. The number of benzene rings is 2. The molecule has 1 spiro atoms. The number of nitro groups is 1. The van der Waals surface area contributed by atoms with Gasteiger partial charge in [0.1, 0.15) is 0 Å². The van der Waals surface area contributed by atoms with Gasteiger partial charge in [-0.15, -0.1) is 0 Å². The van der Waals surface area contributed by atoms with Crippen LogP contribution >= 0.6 is 0 Å². The molecule has 0 radical (unpaired) electrons. The lowest BCUT2D eigenvalue weighted by Crippen LogP contribution is -2.34. The summed E-state index contributed by atoms with van der Waals surface area (Å²) < 4.78 is 12.0. The predicted octanol–water partition coefficient (Wildman–Crippen LogP) is 4.47. The second-order valence-electron chi connectivity index (χ2n) is 7.37. The second-order valence-corrected chi connectivity index (χ2v) is 7.37. The van der Waals surface area contributed by atoms with E-state index >= 15 is 0 Å². The zero-order valence-corrected chi connectivity index (χ0v) is 16.0. The van der Waals surface area contributed by atoms with Crippen molar-refractivity contribution in [1.82, 2.24) is 0 Å². The van der Waals surface area contributed by atoms with Crippen LogP contribution in [0.2, 0.25) is 0 Å². The molecule has 1 saturated carbocycles. The van der Waals surface area contributed by atoms with Crippen molar-refractivity contribution in [2.24, 2.45) is 0 Å². The number of carbonyl (C=O) groups excluding carboxylic acids is 1. The number of hydrogen-bond acceptors (Lipinski definition) is 6. The Morgan fingerprint density at radius 3 is 2.45 bits per heavy atom. The molecule has 1 amide bonds. The van der Waals surface area contributed by atoms with E-state index in [0.29, 0.717) is 30.8 Å². The molecule has 8 heteroatoms. The number of rotatable bonds is 7. The van der Waals surface area contributed by atoms with Crippen LogP contribution in [0.15, 0.2) is 42.5 Å². The van der Waals surface area contributed by atoms with Gasteiger partial charge >= 0.3 is 0 Å². The summed E-state index contributed by atoms with van der Waals surface area (Å²) in [5, 5.41) is 16.7. The molecule has 0 aromatic heterocycles. The third-order valence-corrected chi connectivity index (χ3v) is 5.17. The highest BCUT2D eigenvalue weighted by Crippen LogP contribution is 2.47. The molecule has 2 aromatic rings. The van der Waals surface area contributed by atoms with Gasteiger partial charge in [-0.05, 0) is 43.5 Å². The van der Waals surface area contributed by atoms with Gasteiger partial charge in [-0.3, -0.25) is 14.9 Å². The van der Waals surface area contributed by atoms with E-state index in [4.69, 9.17) is 9.47 Å². The minimum Gasteiger partial charge on any atom is -0.448 e. The minimum absolute atomic E-state index is 0.0532. The summed E-state index contributed by atoms with van der Waals surface area (Å²) in [6, 6.07) is 11.7. The van der Waals surface area contributed by atoms with Gasteiger partial charge in [-0.2, -0.15) is 0 Å². The summed E-state index contributed by atoms with van der Waals surface area (Å²) in [7, 11) is 0. The molecule has 2 N–H and O–H groups in total. The van der Waals surface area contributed by atoms with Gasteiger partial charge in [-0.1, -0.05) is 0 Å². The number of non-ortho nitro benzene ring substituents is 1. The van der Waals surface area contributed by atoms with Crippen molar-refractivity contribution in [3.63, 3.8) is 0 Å². The molecule has 1 fully saturated rings. The molecule has 0 atom stereocenters. The van der Waals surface area contributed by atoms with Crippen molar-refractivity contribution in [3.8, 4) is 11.5 Å². The highest BCUT2D eigenvalue weighted by Gasteiger charge is 2.44. The highest BCUT2D eigenvalue weighted by molar-refractivity contribution is 5.91. The van der Waals surface area contributed by atoms with E-state index in [2.05, 4.69) is 10.6 Å². The van der Waals surface area contributed by atoms with E-state index in [0.717, 1.165) is 37.1 Å². The Morgan fingerprint density at radius 1 is 1.03 bits per heavy atom. The standard InChI is InChI=1S/C21H23N3O5/c25-20(4-3-13-22-15-5-8-17(9-6-15)24(26)27)23-16-7-10-18-19(14-16)29-21(28-18)11-1-2-12-21/h5-10,14,22H,1-4,11-13H2,(H,23,25). The number of hydrogen-bond donors (Lipinski definition) is 2. The quantitative estimate of drug-likeness (QED) is 0.406. The van der Waals surface area contributed by atoms with Crippen molar-refractivity contribution >= 4 is 23.0 Å². The van der Waals surface area contributed by atoms with Gasteiger partial charge in [0.2, 0.25) is 5.91 Å². The number of nitrogens with one attached hydrogen (secondary N) is 2. The molecule has 152 valence electrons. The monoisotopic (exact) mass is 397 g/mol. The molecule has 0 saturated heterocycles. The summed E-state index contributed by atoms with van der Waals surface area (Å²) in [6.07, 6.45) is 4.99. The van der Waals surface area contributed by atoms with Crippen LogP contribution in [-0.2, 0) is 4.79 Å². The molecule has 1 aliphatic carbocycles. The van der Waals surface area contributed by atoms with E-state index in [9.17, 15) is 14.9 Å². The molecular formula is C21H23N3O5. The number of fused-ring (bicyclic) bond motifs is 1. The number of nitro benzene ring substituents is 1. The van der Waals surface area contributed by atoms with Gasteiger partial charge in [0.05, 0.1) is 4.92 Å². The molecule has 2 aromatic carbocycles. The number of ether oxygens (including phenoxy) is 2. The van der Waals surface area contributed by atoms with Crippen molar-refractivity contribution < 1.29 is 19.2 Å². The Balaban J connectivity index is 1.22. The molecule has 29 heavy (non-hydrogen) atoms. The fourth-order valence-electron chi connectivity index (χ4n) is 3.70. The lowest BCUT2D eigenvalue weighted by Gasteiger charge is -2.21. The molecule has 8 nitrogen and oxygen atoms in total. The third kappa shape index (κ3) is 4.42. The summed E-state index contributed by atoms with van der Waals surface area (Å²) in [5.41, 5.74) is 1.53. The van der Waals surface area contributed by atoms with E-state index < -0.39 is 10.7 Å². The molecule has 1 heterocycles. The molecule has 0 unspecified atom stereocenters. The summed E-state index contributed by atoms with van der Waals surface area (Å²) in [6.45, 7) is 0.592. The van der Waals surface area contributed by atoms with E-state index in [-0.39, 0.29) is 11.6 Å². The van der Waals surface area contributed by atoms with E-state index in [1.54, 1.807) is 12.1 Å². The average Bonchev–Trinajstić information content (AvgIpc) is 3.31. The smallest absolute Gasteiger partial charge is 0.269 e. The van der Waals surface area contributed by atoms with Crippen LogP contribution in [0.4, 0.5) is 17.1 Å². The first-order valence-electron chi connectivity index (χ1n) is 9.83. The van der Waals surface area contributed by atoms with Crippen LogP contribution in [0.1, 0.15) is 38.5 Å². The number of anilines is 2. The Kier molecular flexibility index (Phi) is 5.24.